The van der Waals surface area contributed by atoms with Crippen LogP contribution >= 0.6 is 11.8 Å². The van der Waals surface area contributed by atoms with E-state index >= 15 is 0 Å². The summed E-state index contributed by atoms with van der Waals surface area (Å²) in [6, 6.07) is 8.89. The first-order valence-corrected chi connectivity index (χ1v) is 8.27. The first kappa shape index (κ1) is 16.2. The minimum absolute atomic E-state index is 0.160. The molecule has 126 valence electrons. The largest absolute Gasteiger partial charge is 0.486 e. The van der Waals surface area contributed by atoms with Crippen molar-refractivity contribution in [1.29, 1.82) is 0 Å². The molecule has 0 aliphatic carbocycles. The Morgan fingerprint density at radius 1 is 1.25 bits per heavy atom. The van der Waals surface area contributed by atoms with E-state index in [2.05, 4.69) is 15.3 Å². The Morgan fingerprint density at radius 3 is 2.71 bits per heavy atom. The lowest BCUT2D eigenvalue weighted by atomic mass is 10.2. The number of thioether (sulfide) groups is 1. The predicted octanol–water partition coefficient (Wildman–Crippen LogP) is 0.689. The highest BCUT2D eigenvalue weighted by molar-refractivity contribution is 7.99. The molecule has 0 bridgehead atoms. The van der Waals surface area contributed by atoms with Crippen molar-refractivity contribution in [3.05, 3.63) is 30.3 Å². The Morgan fingerprint density at radius 2 is 1.96 bits per heavy atom. The van der Waals surface area contributed by atoms with Crippen molar-refractivity contribution >= 4 is 29.3 Å². The lowest BCUT2D eigenvalue weighted by Gasteiger charge is -2.26. The fourth-order valence-corrected chi connectivity index (χ4v) is 2.80. The molecule has 1 aromatic heterocycles. The number of anilines is 2. The number of carbonyl (C=O) groups is 1. The highest BCUT2D eigenvalue weighted by Gasteiger charge is 2.21. The van der Waals surface area contributed by atoms with E-state index in [4.69, 9.17) is 20.9 Å². The molecule has 0 spiro atoms. The van der Waals surface area contributed by atoms with Crippen LogP contribution < -0.4 is 26.3 Å². The molecule has 3 rings (SSSR count). The molecule has 0 fully saturated rings. The molecule has 0 radical (unpaired) electrons. The number of nitrogens with one attached hydrogen (secondary N) is 1. The molecular weight excluding hydrogens is 330 g/mol. The van der Waals surface area contributed by atoms with Crippen LogP contribution in [0.25, 0.3) is 0 Å². The number of amides is 1. The molecule has 5 N–H and O–H groups in total. The van der Waals surface area contributed by atoms with Crippen LogP contribution in [0.15, 0.2) is 35.5 Å². The number of nitrogens with zero attached hydrogens (tertiary/aromatic N) is 2. The van der Waals surface area contributed by atoms with Crippen molar-refractivity contribution in [2.75, 3.05) is 30.4 Å². The maximum Gasteiger partial charge on any atom is 0.230 e. The molecule has 24 heavy (non-hydrogen) atoms. The monoisotopic (exact) mass is 347 g/mol. The number of ether oxygens (including phenoxy) is 2. The molecule has 1 amide bonds. The zero-order valence-corrected chi connectivity index (χ0v) is 13.6. The van der Waals surface area contributed by atoms with Gasteiger partial charge in [0.1, 0.15) is 24.3 Å². The third-order valence-corrected chi connectivity index (χ3v) is 4.02. The molecule has 1 aromatic carbocycles. The van der Waals surface area contributed by atoms with Gasteiger partial charge in [-0.15, -0.1) is 0 Å². The van der Waals surface area contributed by atoms with E-state index in [-0.39, 0.29) is 29.4 Å². The highest BCUT2D eigenvalue weighted by atomic mass is 32.2. The number of rotatable bonds is 5. The second kappa shape index (κ2) is 7.26. The van der Waals surface area contributed by atoms with Crippen molar-refractivity contribution < 1.29 is 14.3 Å². The highest BCUT2D eigenvalue weighted by Crippen LogP contribution is 2.30. The van der Waals surface area contributed by atoms with Crippen LogP contribution in [0.5, 0.6) is 11.5 Å². The molecule has 9 heteroatoms. The maximum atomic E-state index is 11.9. The van der Waals surface area contributed by atoms with Crippen molar-refractivity contribution in [2.45, 2.75) is 11.3 Å². The number of fused-ring (bicyclic) bond motifs is 1. The first-order chi connectivity index (χ1) is 11.6. The zero-order valence-electron chi connectivity index (χ0n) is 12.8. The van der Waals surface area contributed by atoms with Crippen LogP contribution in [0.1, 0.15) is 0 Å². The lowest BCUT2D eigenvalue weighted by molar-refractivity contribution is -0.119. The van der Waals surface area contributed by atoms with Gasteiger partial charge >= 0.3 is 0 Å². The topological polar surface area (TPSA) is 125 Å². The number of nitrogen functional groups attached to an aromatic ring is 2. The van der Waals surface area contributed by atoms with E-state index in [1.807, 2.05) is 24.3 Å². The van der Waals surface area contributed by atoms with Crippen LogP contribution in [-0.2, 0) is 4.79 Å². The van der Waals surface area contributed by atoms with Gasteiger partial charge in [-0.2, -0.15) is 0 Å². The van der Waals surface area contributed by atoms with Gasteiger partial charge in [0.05, 0.1) is 12.3 Å². The van der Waals surface area contributed by atoms with Gasteiger partial charge in [0.2, 0.25) is 5.91 Å². The van der Waals surface area contributed by atoms with Crippen LogP contribution in [0.3, 0.4) is 0 Å². The van der Waals surface area contributed by atoms with Gasteiger partial charge in [-0.25, -0.2) is 9.97 Å². The van der Waals surface area contributed by atoms with Gasteiger partial charge < -0.3 is 26.3 Å². The fourth-order valence-electron chi connectivity index (χ4n) is 2.10. The second-order valence-electron chi connectivity index (χ2n) is 5.09. The summed E-state index contributed by atoms with van der Waals surface area (Å²) >= 11 is 1.17. The van der Waals surface area contributed by atoms with Gasteiger partial charge in [0, 0.05) is 6.07 Å². The molecule has 0 saturated heterocycles. The van der Waals surface area contributed by atoms with Crippen molar-refractivity contribution in [2.24, 2.45) is 0 Å². The number of hydrogen-bond acceptors (Lipinski definition) is 8. The summed E-state index contributed by atoms with van der Waals surface area (Å²) in [5.74, 6) is 1.95. The number of aromatic nitrogens is 2. The van der Waals surface area contributed by atoms with Crippen LogP contribution in [-0.4, -0.2) is 40.9 Å². The Hall–Kier alpha value is -2.68. The van der Waals surface area contributed by atoms with Crippen molar-refractivity contribution in [1.82, 2.24) is 15.3 Å². The molecule has 2 heterocycles. The smallest absolute Gasteiger partial charge is 0.230 e. The zero-order chi connectivity index (χ0) is 16.9. The Bertz CT molecular complexity index is 723. The van der Waals surface area contributed by atoms with Crippen LogP contribution in [0.2, 0.25) is 0 Å². The Kier molecular flexibility index (Phi) is 4.90. The van der Waals surface area contributed by atoms with Crippen LogP contribution in [0.4, 0.5) is 11.6 Å². The van der Waals surface area contributed by atoms with E-state index in [0.717, 1.165) is 0 Å². The summed E-state index contributed by atoms with van der Waals surface area (Å²) < 4.78 is 11.4. The molecule has 1 aliphatic heterocycles. The van der Waals surface area contributed by atoms with Gasteiger partial charge in [-0.3, -0.25) is 4.79 Å². The summed E-state index contributed by atoms with van der Waals surface area (Å²) in [5, 5.41) is 3.17. The number of hydrogen-bond donors (Lipinski definition) is 3. The second-order valence-corrected chi connectivity index (χ2v) is 6.03. The lowest BCUT2D eigenvalue weighted by Crippen LogP contribution is -2.41. The van der Waals surface area contributed by atoms with Crippen LogP contribution in [0, 0.1) is 0 Å². The SMILES string of the molecule is Nc1cc(N)nc(SCC(=O)NC[C@H]2COc3ccccc3O2)n1. The van der Waals surface area contributed by atoms with E-state index in [9.17, 15) is 4.79 Å². The molecule has 0 unspecified atom stereocenters. The fraction of sp³-hybridized carbons (Fsp3) is 0.267. The van der Waals surface area contributed by atoms with E-state index in [1.54, 1.807) is 0 Å². The van der Waals surface area contributed by atoms with Gasteiger partial charge in [-0.05, 0) is 12.1 Å². The number of para-hydroxylation sites is 2. The Labute approximate surface area is 142 Å². The molecular formula is C15H17N5O3S. The minimum Gasteiger partial charge on any atom is -0.486 e. The number of carbonyl (C=O) groups excluding carboxylic acids is 1. The van der Waals surface area contributed by atoms with Gasteiger partial charge in [-0.1, -0.05) is 23.9 Å². The van der Waals surface area contributed by atoms with Crippen molar-refractivity contribution in [3.63, 3.8) is 0 Å². The molecule has 1 aliphatic rings. The molecule has 1 atom stereocenters. The summed E-state index contributed by atoms with van der Waals surface area (Å²) in [4.78, 5) is 19.9. The third-order valence-electron chi connectivity index (χ3n) is 3.17. The third kappa shape index (κ3) is 4.19. The van der Waals surface area contributed by atoms with E-state index in [1.165, 1.54) is 17.8 Å². The minimum atomic E-state index is -0.229. The predicted molar refractivity (Wildman–Crippen MR) is 90.9 cm³/mol. The summed E-state index contributed by atoms with van der Waals surface area (Å²) in [6.45, 7) is 0.743. The Balaban J connectivity index is 1.45. The number of benzene rings is 1. The standard InChI is InChI=1S/C15H17N5O3S/c16-12-5-13(17)20-15(19-12)24-8-14(21)18-6-9-7-22-10-3-1-2-4-11(10)23-9/h1-5,9H,6-8H2,(H,18,21)(H4,16,17,19,20)/t9-/m0/s1. The van der Waals surface area contributed by atoms with E-state index in [0.29, 0.717) is 29.8 Å². The van der Waals surface area contributed by atoms with Gasteiger partial charge in [0.25, 0.3) is 0 Å². The molecule has 8 nitrogen and oxygen atoms in total. The molecule has 0 saturated carbocycles. The summed E-state index contributed by atoms with van der Waals surface area (Å²) in [6.07, 6.45) is -0.229. The average Bonchev–Trinajstić information content (AvgIpc) is 2.57. The van der Waals surface area contributed by atoms with Crippen molar-refractivity contribution in [3.8, 4) is 11.5 Å². The normalized spacial score (nSPS) is 15.8. The quantitative estimate of drug-likeness (QED) is 0.533. The number of nitrogens with two attached hydrogens (primary N) is 2. The van der Waals surface area contributed by atoms with E-state index < -0.39 is 0 Å². The van der Waals surface area contributed by atoms with Gasteiger partial charge in [0.15, 0.2) is 16.7 Å². The maximum absolute atomic E-state index is 11.9. The first-order valence-electron chi connectivity index (χ1n) is 7.28. The average molecular weight is 347 g/mol. The molecule has 2 aromatic rings. The summed E-state index contributed by atoms with van der Waals surface area (Å²) in [7, 11) is 0. The summed E-state index contributed by atoms with van der Waals surface area (Å²) in [5.41, 5.74) is 11.2.